The van der Waals surface area contributed by atoms with Gasteiger partial charge in [-0.05, 0) is 80.1 Å². The van der Waals surface area contributed by atoms with Crippen LogP contribution < -0.4 is 14.8 Å². The number of fused-ring (bicyclic) bond motifs is 1. The smallest absolute Gasteiger partial charge is 0.129 e. The van der Waals surface area contributed by atoms with Gasteiger partial charge in [0.05, 0.1) is 12.6 Å². The minimum Gasteiger partial charge on any atom is -0.496 e. The number of hydrogen-bond donors (Lipinski definition) is 1. The van der Waals surface area contributed by atoms with E-state index in [-0.39, 0.29) is 11.4 Å². The quantitative estimate of drug-likeness (QED) is 0.404. The lowest BCUT2D eigenvalue weighted by molar-refractivity contribution is 0.301. The molecule has 1 aliphatic rings. The van der Waals surface area contributed by atoms with Crippen molar-refractivity contribution >= 4 is 11.3 Å². The Morgan fingerprint density at radius 3 is 2.38 bits per heavy atom. The fourth-order valence-electron chi connectivity index (χ4n) is 4.88. The number of rotatable bonds is 6. The largest absolute Gasteiger partial charge is 0.496 e. The van der Waals surface area contributed by atoms with E-state index >= 15 is 0 Å². The molecule has 1 N–H and O–H groups in total. The van der Waals surface area contributed by atoms with Crippen molar-refractivity contribution < 1.29 is 13.9 Å². The van der Waals surface area contributed by atoms with Gasteiger partial charge in [-0.15, -0.1) is 0 Å². The Morgan fingerprint density at radius 2 is 1.68 bits per heavy atom. The lowest BCUT2D eigenvalue weighted by Gasteiger charge is -2.33. The molecule has 1 aliphatic heterocycles. The van der Waals surface area contributed by atoms with Gasteiger partial charge in [0.25, 0.3) is 0 Å². The van der Waals surface area contributed by atoms with E-state index in [9.17, 15) is 4.39 Å². The molecule has 3 nitrogen and oxygen atoms in total. The van der Waals surface area contributed by atoms with Gasteiger partial charge in [-0.1, -0.05) is 38.1 Å². The maximum atomic E-state index is 14.0. The monoisotopic (exact) mass is 459 g/mol. The molecule has 4 heteroatoms. The second kappa shape index (κ2) is 9.17. The van der Waals surface area contributed by atoms with Crippen LogP contribution in [0.25, 0.3) is 16.7 Å². The SMILES string of the molecule is COc1cc(F)ccc1-c1ccc2c(c1COc1cc(C)ccc1C(C)C)C(C)=CC(C)(C)N2. The second-order valence-electron chi connectivity index (χ2n) is 10.0. The highest BCUT2D eigenvalue weighted by Crippen LogP contribution is 2.43. The Labute approximate surface area is 202 Å². The zero-order valence-corrected chi connectivity index (χ0v) is 21.2. The van der Waals surface area contributed by atoms with Crippen LogP contribution >= 0.6 is 0 Å². The molecule has 34 heavy (non-hydrogen) atoms. The Hall–Kier alpha value is -3.27. The fraction of sp³-hybridized carbons (Fsp3) is 0.333. The van der Waals surface area contributed by atoms with Gasteiger partial charge in [0, 0.05) is 28.4 Å². The second-order valence-corrected chi connectivity index (χ2v) is 10.0. The zero-order valence-electron chi connectivity index (χ0n) is 21.2. The number of anilines is 1. The summed E-state index contributed by atoms with van der Waals surface area (Å²) in [4.78, 5) is 0. The zero-order chi connectivity index (χ0) is 24.6. The van der Waals surface area contributed by atoms with Gasteiger partial charge in [0.15, 0.2) is 0 Å². The van der Waals surface area contributed by atoms with Crippen LogP contribution in [0.1, 0.15) is 62.8 Å². The van der Waals surface area contributed by atoms with Crippen LogP contribution in [0, 0.1) is 12.7 Å². The average Bonchev–Trinajstić information content (AvgIpc) is 2.76. The van der Waals surface area contributed by atoms with Crippen LogP contribution in [0.3, 0.4) is 0 Å². The van der Waals surface area contributed by atoms with Crippen molar-refractivity contribution in [3.63, 3.8) is 0 Å². The number of hydrogen-bond acceptors (Lipinski definition) is 3. The van der Waals surface area contributed by atoms with E-state index in [1.54, 1.807) is 13.2 Å². The predicted molar refractivity (Wildman–Crippen MR) is 139 cm³/mol. The summed E-state index contributed by atoms with van der Waals surface area (Å²) in [6.45, 7) is 13.3. The lowest BCUT2D eigenvalue weighted by atomic mass is 9.85. The van der Waals surface area contributed by atoms with E-state index < -0.39 is 0 Å². The van der Waals surface area contributed by atoms with E-state index in [2.05, 4.69) is 83.3 Å². The van der Waals surface area contributed by atoms with Crippen molar-refractivity contribution in [2.24, 2.45) is 0 Å². The van der Waals surface area contributed by atoms with Crippen LogP contribution in [0.4, 0.5) is 10.1 Å². The number of ether oxygens (including phenoxy) is 2. The molecular weight excluding hydrogens is 425 g/mol. The third kappa shape index (κ3) is 4.68. The predicted octanol–water partition coefficient (Wildman–Crippen LogP) is 8.12. The van der Waals surface area contributed by atoms with Gasteiger partial charge in [-0.3, -0.25) is 0 Å². The first-order valence-corrected chi connectivity index (χ1v) is 11.8. The van der Waals surface area contributed by atoms with Gasteiger partial charge < -0.3 is 14.8 Å². The maximum absolute atomic E-state index is 14.0. The minimum atomic E-state index is -0.322. The molecule has 0 saturated carbocycles. The summed E-state index contributed by atoms with van der Waals surface area (Å²) in [7, 11) is 1.57. The van der Waals surface area contributed by atoms with Crippen molar-refractivity contribution in [2.75, 3.05) is 12.4 Å². The number of halogens is 1. The highest BCUT2D eigenvalue weighted by molar-refractivity contribution is 5.88. The number of nitrogens with one attached hydrogen (secondary N) is 1. The molecule has 0 unspecified atom stereocenters. The van der Waals surface area contributed by atoms with Crippen molar-refractivity contribution in [1.29, 1.82) is 0 Å². The lowest BCUT2D eigenvalue weighted by Crippen LogP contribution is -2.32. The molecule has 1 heterocycles. The van der Waals surface area contributed by atoms with Gasteiger partial charge in [0.1, 0.15) is 23.9 Å². The summed E-state index contributed by atoms with van der Waals surface area (Å²) in [5.41, 5.74) is 8.45. The molecule has 0 radical (unpaired) electrons. The summed E-state index contributed by atoms with van der Waals surface area (Å²) < 4.78 is 26.1. The van der Waals surface area contributed by atoms with E-state index in [0.29, 0.717) is 18.3 Å². The Kier molecular flexibility index (Phi) is 6.44. The summed E-state index contributed by atoms with van der Waals surface area (Å²) in [5, 5.41) is 3.64. The van der Waals surface area contributed by atoms with E-state index in [4.69, 9.17) is 9.47 Å². The summed E-state index contributed by atoms with van der Waals surface area (Å²) in [6, 6.07) is 15.2. The van der Waals surface area contributed by atoms with E-state index in [1.807, 2.05) is 0 Å². The first kappa shape index (κ1) is 23.9. The van der Waals surface area contributed by atoms with Crippen LogP contribution in [-0.4, -0.2) is 12.6 Å². The first-order valence-electron chi connectivity index (χ1n) is 11.8. The summed E-state index contributed by atoms with van der Waals surface area (Å²) >= 11 is 0. The van der Waals surface area contributed by atoms with Crippen LogP contribution in [0.2, 0.25) is 0 Å². The Balaban J connectivity index is 1.88. The van der Waals surface area contributed by atoms with Crippen molar-refractivity contribution in [1.82, 2.24) is 0 Å². The van der Waals surface area contributed by atoms with Crippen molar-refractivity contribution in [3.8, 4) is 22.6 Å². The molecule has 4 rings (SSSR count). The molecule has 0 amide bonds. The molecular formula is C30H34FNO2. The van der Waals surface area contributed by atoms with Crippen LogP contribution in [0.15, 0.2) is 54.6 Å². The highest BCUT2D eigenvalue weighted by atomic mass is 19.1. The normalized spacial score (nSPS) is 14.3. The molecule has 3 aromatic rings. The summed E-state index contributed by atoms with van der Waals surface area (Å²) in [5.74, 6) is 1.43. The van der Waals surface area contributed by atoms with Crippen LogP contribution in [0.5, 0.6) is 11.5 Å². The molecule has 0 saturated heterocycles. The van der Waals surface area contributed by atoms with Gasteiger partial charge in [0.2, 0.25) is 0 Å². The Bertz CT molecular complexity index is 1260. The Morgan fingerprint density at radius 1 is 0.941 bits per heavy atom. The maximum Gasteiger partial charge on any atom is 0.129 e. The number of benzene rings is 3. The van der Waals surface area contributed by atoms with Gasteiger partial charge in [-0.25, -0.2) is 4.39 Å². The standard InChI is InChI=1S/C30H34FNO2/c1-18(2)22-10-8-19(3)14-28(22)34-17-25-23(24-11-9-21(31)15-27(24)33-7)12-13-26-29(25)20(4)16-30(5,6)32-26/h8-16,18,32H,17H2,1-7H3. The van der Waals surface area contributed by atoms with Crippen LogP contribution in [-0.2, 0) is 6.61 Å². The molecule has 0 aliphatic carbocycles. The molecule has 0 atom stereocenters. The van der Waals surface area contributed by atoms with Gasteiger partial charge in [-0.2, -0.15) is 0 Å². The van der Waals surface area contributed by atoms with Crippen molar-refractivity contribution in [3.05, 3.63) is 82.7 Å². The van der Waals surface area contributed by atoms with Gasteiger partial charge >= 0.3 is 0 Å². The third-order valence-corrected chi connectivity index (χ3v) is 6.36. The van der Waals surface area contributed by atoms with Crippen molar-refractivity contribution in [2.45, 2.75) is 59.6 Å². The molecule has 178 valence electrons. The summed E-state index contributed by atoms with van der Waals surface area (Å²) in [6.07, 6.45) is 2.25. The molecule has 0 fully saturated rings. The number of allylic oxidation sites excluding steroid dienone is 1. The van der Waals surface area contributed by atoms with E-state index in [0.717, 1.165) is 39.3 Å². The molecule has 0 aromatic heterocycles. The number of methoxy groups -OCH3 is 1. The van der Waals surface area contributed by atoms with E-state index in [1.165, 1.54) is 23.3 Å². The first-order chi connectivity index (χ1) is 16.1. The topological polar surface area (TPSA) is 30.5 Å². The minimum absolute atomic E-state index is 0.147. The molecule has 0 spiro atoms. The third-order valence-electron chi connectivity index (χ3n) is 6.36. The molecule has 3 aromatic carbocycles. The number of aryl methyl sites for hydroxylation is 1. The highest BCUT2D eigenvalue weighted by Gasteiger charge is 2.27. The average molecular weight is 460 g/mol. The fourth-order valence-corrected chi connectivity index (χ4v) is 4.88. The molecule has 0 bridgehead atoms.